The van der Waals surface area contributed by atoms with Crippen molar-refractivity contribution in [2.75, 3.05) is 11.5 Å². The molecule has 0 atom stereocenters. The van der Waals surface area contributed by atoms with Crippen molar-refractivity contribution in [2.45, 2.75) is 6.61 Å². The first kappa shape index (κ1) is 11.4. The summed E-state index contributed by atoms with van der Waals surface area (Å²) in [6.07, 6.45) is 1.70. The third-order valence-electron chi connectivity index (χ3n) is 2.94. The SMILES string of the molecule is Nc1cc2cnn(OCc3ccccc3)c2cc1N. The molecule has 2 aromatic carbocycles. The molecule has 0 aliphatic rings. The number of benzene rings is 2. The van der Waals surface area contributed by atoms with E-state index >= 15 is 0 Å². The molecule has 1 heterocycles. The Labute approximate surface area is 110 Å². The lowest BCUT2D eigenvalue weighted by Gasteiger charge is -2.07. The molecule has 0 aliphatic carbocycles. The third kappa shape index (κ3) is 2.18. The van der Waals surface area contributed by atoms with E-state index in [2.05, 4.69) is 5.10 Å². The molecule has 0 spiro atoms. The maximum atomic E-state index is 5.80. The molecule has 0 saturated carbocycles. The van der Waals surface area contributed by atoms with Crippen molar-refractivity contribution in [3.8, 4) is 0 Å². The summed E-state index contributed by atoms with van der Waals surface area (Å²) in [7, 11) is 0. The van der Waals surface area contributed by atoms with Gasteiger partial charge in [-0.25, -0.2) is 0 Å². The van der Waals surface area contributed by atoms with Crippen molar-refractivity contribution < 1.29 is 4.84 Å². The van der Waals surface area contributed by atoms with Crippen molar-refractivity contribution in [2.24, 2.45) is 0 Å². The van der Waals surface area contributed by atoms with E-state index in [-0.39, 0.29) is 0 Å². The van der Waals surface area contributed by atoms with Crippen molar-refractivity contribution >= 4 is 22.3 Å². The van der Waals surface area contributed by atoms with Crippen LogP contribution in [0.1, 0.15) is 5.56 Å². The van der Waals surface area contributed by atoms with Crippen LogP contribution in [0.3, 0.4) is 0 Å². The Bertz CT molecular complexity index is 706. The third-order valence-corrected chi connectivity index (χ3v) is 2.94. The summed E-state index contributed by atoms with van der Waals surface area (Å²) in [4.78, 5) is 7.12. The molecule has 3 rings (SSSR count). The number of hydrogen-bond donors (Lipinski definition) is 2. The molecule has 0 saturated heterocycles. The van der Waals surface area contributed by atoms with Crippen LogP contribution in [0.5, 0.6) is 0 Å². The molecule has 1 aromatic heterocycles. The number of nitrogens with zero attached hydrogens (tertiary/aromatic N) is 2. The van der Waals surface area contributed by atoms with Crippen LogP contribution in [-0.4, -0.2) is 9.94 Å². The van der Waals surface area contributed by atoms with E-state index in [1.165, 1.54) is 4.85 Å². The Balaban J connectivity index is 1.87. The molecule has 3 aromatic rings. The number of nitrogen functional groups attached to an aromatic ring is 2. The standard InChI is InChI=1S/C14H14N4O/c15-12-6-11-8-17-18(14(11)7-13(12)16)19-9-10-4-2-1-3-5-10/h1-8H,9,15-16H2. The minimum absolute atomic E-state index is 0.446. The zero-order valence-electron chi connectivity index (χ0n) is 10.3. The molecule has 19 heavy (non-hydrogen) atoms. The first-order chi connectivity index (χ1) is 9.24. The first-order valence-corrected chi connectivity index (χ1v) is 5.94. The predicted octanol–water partition coefficient (Wildman–Crippen LogP) is 1.83. The van der Waals surface area contributed by atoms with Crippen LogP contribution in [-0.2, 0) is 6.61 Å². The molecule has 0 bridgehead atoms. The summed E-state index contributed by atoms with van der Waals surface area (Å²) in [6.45, 7) is 0.446. The Morgan fingerprint density at radius 3 is 2.58 bits per heavy atom. The second kappa shape index (κ2) is 4.53. The lowest BCUT2D eigenvalue weighted by molar-refractivity contribution is 0.0795. The van der Waals surface area contributed by atoms with E-state index in [1.807, 2.05) is 30.3 Å². The zero-order chi connectivity index (χ0) is 13.2. The molecule has 4 N–H and O–H groups in total. The highest BCUT2D eigenvalue weighted by atomic mass is 16.7. The Kier molecular flexibility index (Phi) is 2.72. The van der Waals surface area contributed by atoms with Gasteiger partial charge in [-0.3, -0.25) is 0 Å². The molecule has 0 unspecified atom stereocenters. The largest absolute Gasteiger partial charge is 0.397 e. The van der Waals surface area contributed by atoms with Gasteiger partial charge in [0.2, 0.25) is 0 Å². The van der Waals surface area contributed by atoms with Gasteiger partial charge in [0.05, 0.1) is 17.6 Å². The Hall–Kier alpha value is -2.69. The van der Waals surface area contributed by atoms with Crippen LogP contribution in [0.2, 0.25) is 0 Å². The summed E-state index contributed by atoms with van der Waals surface area (Å²) < 4.78 is 0. The van der Waals surface area contributed by atoms with Crippen molar-refractivity contribution in [3.63, 3.8) is 0 Å². The van der Waals surface area contributed by atoms with Crippen LogP contribution in [0.4, 0.5) is 11.4 Å². The van der Waals surface area contributed by atoms with E-state index < -0.39 is 0 Å². The number of rotatable bonds is 3. The quantitative estimate of drug-likeness (QED) is 0.699. The molecule has 0 fully saturated rings. The zero-order valence-corrected chi connectivity index (χ0v) is 10.3. The normalized spacial score (nSPS) is 10.7. The van der Waals surface area contributed by atoms with Gasteiger partial charge in [-0.1, -0.05) is 35.2 Å². The van der Waals surface area contributed by atoms with Gasteiger partial charge in [-0.2, -0.15) is 0 Å². The highest BCUT2D eigenvalue weighted by Gasteiger charge is 2.06. The van der Waals surface area contributed by atoms with Gasteiger partial charge in [0.15, 0.2) is 0 Å². The highest BCUT2D eigenvalue weighted by molar-refractivity contribution is 5.87. The lowest BCUT2D eigenvalue weighted by atomic mass is 10.2. The molecule has 0 radical (unpaired) electrons. The fourth-order valence-corrected chi connectivity index (χ4v) is 1.90. The Morgan fingerprint density at radius 2 is 1.79 bits per heavy atom. The predicted molar refractivity (Wildman–Crippen MR) is 75.3 cm³/mol. The first-order valence-electron chi connectivity index (χ1n) is 5.94. The van der Waals surface area contributed by atoms with Crippen LogP contribution in [0.15, 0.2) is 48.7 Å². The average molecular weight is 254 g/mol. The average Bonchev–Trinajstić information content (AvgIpc) is 2.80. The summed E-state index contributed by atoms with van der Waals surface area (Å²) in [5, 5.41) is 5.08. The van der Waals surface area contributed by atoms with Gasteiger partial charge < -0.3 is 16.3 Å². The second-order valence-corrected chi connectivity index (χ2v) is 4.32. The van der Waals surface area contributed by atoms with Gasteiger partial charge in [0, 0.05) is 5.39 Å². The summed E-state index contributed by atoms with van der Waals surface area (Å²) >= 11 is 0. The molecular formula is C14H14N4O. The molecular weight excluding hydrogens is 240 g/mol. The monoisotopic (exact) mass is 254 g/mol. The molecule has 5 heteroatoms. The summed E-state index contributed by atoms with van der Waals surface area (Å²) in [6, 6.07) is 13.5. The van der Waals surface area contributed by atoms with E-state index in [0.717, 1.165) is 16.5 Å². The highest BCUT2D eigenvalue weighted by Crippen LogP contribution is 2.23. The second-order valence-electron chi connectivity index (χ2n) is 4.32. The van der Waals surface area contributed by atoms with Gasteiger partial charge in [0.1, 0.15) is 12.1 Å². The van der Waals surface area contributed by atoms with Crippen molar-refractivity contribution in [1.82, 2.24) is 9.94 Å². The molecule has 5 nitrogen and oxygen atoms in total. The fraction of sp³-hybridized carbons (Fsp3) is 0.0714. The number of hydrogen-bond acceptors (Lipinski definition) is 4. The molecule has 0 aliphatic heterocycles. The maximum Gasteiger partial charge on any atom is 0.142 e. The summed E-state index contributed by atoms with van der Waals surface area (Å²) in [5.41, 5.74) is 14.5. The van der Waals surface area contributed by atoms with Gasteiger partial charge in [0.25, 0.3) is 0 Å². The van der Waals surface area contributed by atoms with Gasteiger partial charge >= 0.3 is 0 Å². The van der Waals surface area contributed by atoms with Crippen LogP contribution >= 0.6 is 0 Å². The Morgan fingerprint density at radius 1 is 1.05 bits per heavy atom. The molecule has 96 valence electrons. The van der Waals surface area contributed by atoms with Crippen LogP contribution < -0.4 is 16.3 Å². The lowest BCUT2D eigenvalue weighted by Crippen LogP contribution is -2.12. The van der Waals surface area contributed by atoms with E-state index in [0.29, 0.717) is 18.0 Å². The number of aromatic nitrogens is 2. The minimum atomic E-state index is 0.446. The van der Waals surface area contributed by atoms with Gasteiger partial charge in [-0.15, -0.1) is 5.10 Å². The fourth-order valence-electron chi connectivity index (χ4n) is 1.90. The van der Waals surface area contributed by atoms with E-state index in [9.17, 15) is 0 Å². The van der Waals surface area contributed by atoms with E-state index in [4.69, 9.17) is 16.3 Å². The van der Waals surface area contributed by atoms with Crippen LogP contribution in [0.25, 0.3) is 10.9 Å². The number of nitrogens with two attached hydrogens (primary N) is 2. The molecule has 0 amide bonds. The smallest absolute Gasteiger partial charge is 0.142 e. The topological polar surface area (TPSA) is 79.1 Å². The van der Waals surface area contributed by atoms with Gasteiger partial charge in [-0.05, 0) is 17.7 Å². The minimum Gasteiger partial charge on any atom is -0.397 e. The maximum absolute atomic E-state index is 5.80. The van der Waals surface area contributed by atoms with E-state index in [1.54, 1.807) is 18.3 Å². The van der Waals surface area contributed by atoms with Crippen molar-refractivity contribution in [3.05, 3.63) is 54.2 Å². The number of anilines is 2. The number of fused-ring (bicyclic) bond motifs is 1. The summed E-state index contributed by atoms with van der Waals surface area (Å²) in [5.74, 6) is 0. The van der Waals surface area contributed by atoms with Crippen molar-refractivity contribution in [1.29, 1.82) is 0 Å². The van der Waals surface area contributed by atoms with Crippen LogP contribution in [0, 0.1) is 0 Å².